The maximum Gasteiger partial charge on any atom is 0.295 e. The number of nitrogens with zero attached hydrogens (tertiary/aromatic N) is 4. The monoisotopic (exact) mass is 351 g/mol. The van der Waals surface area contributed by atoms with Gasteiger partial charge < -0.3 is 5.32 Å². The van der Waals surface area contributed by atoms with Crippen LogP contribution in [-0.2, 0) is 7.05 Å². The van der Waals surface area contributed by atoms with Crippen LogP contribution in [0.2, 0.25) is 0 Å². The number of hydrogen-bond acceptors (Lipinski definition) is 6. The lowest BCUT2D eigenvalue weighted by molar-refractivity contribution is 0.646. The van der Waals surface area contributed by atoms with Crippen molar-refractivity contribution in [3.05, 3.63) is 75.6 Å². The summed E-state index contributed by atoms with van der Waals surface area (Å²) >= 11 is 1.22. The Morgan fingerprint density at radius 1 is 1.08 bits per heavy atom. The highest BCUT2D eigenvalue weighted by Crippen LogP contribution is 2.21. The molecule has 0 fully saturated rings. The molecule has 0 aliphatic carbocycles. The van der Waals surface area contributed by atoms with Gasteiger partial charge in [0, 0.05) is 13.2 Å². The quantitative estimate of drug-likeness (QED) is 0.612. The molecular weight excluding hydrogens is 338 g/mol. The highest BCUT2D eigenvalue weighted by molar-refractivity contribution is 7.21. The van der Waals surface area contributed by atoms with Crippen LogP contribution in [0.3, 0.4) is 0 Å². The molecule has 0 amide bonds. The van der Waals surface area contributed by atoms with Gasteiger partial charge >= 0.3 is 0 Å². The minimum Gasteiger partial charge on any atom is -0.326 e. The van der Waals surface area contributed by atoms with Gasteiger partial charge in [-0.05, 0) is 24.3 Å². The summed E-state index contributed by atoms with van der Waals surface area (Å²) in [6.45, 7) is 0. The van der Waals surface area contributed by atoms with E-state index in [1.54, 1.807) is 36.3 Å². The van der Waals surface area contributed by atoms with Gasteiger partial charge in [0.1, 0.15) is 10.5 Å². The second-order valence-corrected chi connectivity index (χ2v) is 6.35. The average molecular weight is 351 g/mol. The molecule has 0 bridgehead atoms. The molecule has 0 saturated heterocycles. The lowest BCUT2D eigenvalue weighted by atomic mass is 10.3. The van der Waals surface area contributed by atoms with Crippen molar-refractivity contribution in [3.8, 4) is 5.69 Å². The van der Waals surface area contributed by atoms with E-state index in [4.69, 9.17) is 0 Å². The first kappa shape index (κ1) is 15.3. The van der Waals surface area contributed by atoms with Crippen LogP contribution < -0.4 is 16.4 Å². The summed E-state index contributed by atoms with van der Waals surface area (Å²) in [6.07, 6.45) is 3.28. The van der Waals surface area contributed by atoms with E-state index >= 15 is 0 Å². The molecule has 8 heteroatoms. The number of anilines is 2. The first-order valence-electron chi connectivity index (χ1n) is 7.50. The van der Waals surface area contributed by atoms with Crippen molar-refractivity contribution in [2.45, 2.75) is 0 Å². The number of nitrogens with one attached hydrogen (secondary N) is 1. The highest BCUT2D eigenvalue weighted by Gasteiger charge is 2.13. The zero-order chi connectivity index (χ0) is 17.4. The molecular formula is C17H13N5O2S. The van der Waals surface area contributed by atoms with Crippen molar-refractivity contribution >= 4 is 32.4 Å². The van der Waals surface area contributed by atoms with Gasteiger partial charge in [-0.15, -0.1) is 0 Å². The third-order valence-electron chi connectivity index (χ3n) is 3.69. The molecule has 0 spiro atoms. The first-order valence-corrected chi connectivity index (χ1v) is 8.32. The van der Waals surface area contributed by atoms with Crippen LogP contribution in [-0.4, -0.2) is 19.3 Å². The summed E-state index contributed by atoms with van der Waals surface area (Å²) < 4.78 is 3.21. The zero-order valence-electron chi connectivity index (χ0n) is 13.2. The van der Waals surface area contributed by atoms with Gasteiger partial charge in [0.2, 0.25) is 0 Å². The van der Waals surface area contributed by atoms with Gasteiger partial charge in [-0.3, -0.25) is 14.3 Å². The number of pyridine rings is 1. The maximum atomic E-state index is 12.7. The van der Waals surface area contributed by atoms with Crippen LogP contribution in [0, 0.1) is 0 Å². The van der Waals surface area contributed by atoms with Crippen LogP contribution in [0.5, 0.6) is 0 Å². The summed E-state index contributed by atoms with van der Waals surface area (Å²) in [4.78, 5) is 33.6. The van der Waals surface area contributed by atoms with E-state index in [0.717, 1.165) is 5.69 Å². The summed E-state index contributed by atoms with van der Waals surface area (Å²) in [5, 5.41) is 3.75. The summed E-state index contributed by atoms with van der Waals surface area (Å²) in [6, 6.07) is 12.7. The Hall–Kier alpha value is -3.26. The van der Waals surface area contributed by atoms with E-state index in [1.807, 2.05) is 30.3 Å². The van der Waals surface area contributed by atoms with E-state index in [1.165, 1.54) is 16.0 Å². The predicted molar refractivity (Wildman–Crippen MR) is 98.0 cm³/mol. The van der Waals surface area contributed by atoms with E-state index in [9.17, 15) is 9.59 Å². The van der Waals surface area contributed by atoms with Gasteiger partial charge in [0.05, 0.1) is 17.3 Å². The SMILES string of the molecule is Cn1cc(Nc2nc(=O)c3cccnc3s2)c(=O)n1-c1ccccc1. The molecule has 4 aromatic rings. The topological polar surface area (TPSA) is 81.8 Å². The fraction of sp³-hybridized carbons (Fsp3) is 0.0588. The summed E-state index contributed by atoms with van der Waals surface area (Å²) in [5.74, 6) is 0. The Bertz CT molecular complexity index is 1180. The van der Waals surface area contributed by atoms with Gasteiger partial charge in [-0.25, -0.2) is 9.67 Å². The van der Waals surface area contributed by atoms with E-state index in [-0.39, 0.29) is 11.1 Å². The van der Waals surface area contributed by atoms with Crippen molar-refractivity contribution in [3.63, 3.8) is 0 Å². The molecule has 0 atom stereocenters. The van der Waals surface area contributed by atoms with E-state index in [2.05, 4.69) is 15.3 Å². The molecule has 0 unspecified atom stereocenters. The minimum atomic E-state index is -0.372. The summed E-state index contributed by atoms with van der Waals surface area (Å²) in [5.41, 5.74) is 0.495. The number of benzene rings is 1. The molecule has 124 valence electrons. The van der Waals surface area contributed by atoms with Gasteiger partial charge in [-0.1, -0.05) is 29.5 Å². The Kier molecular flexibility index (Phi) is 3.66. The predicted octanol–water partition coefficient (Wildman–Crippen LogP) is 2.28. The second kappa shape index (κ2) is 5.99. The molecule has 4 rings (SSSR count). The van der Waals surface area contributed by atoms with Crippen molar-refractivity contribution in [1.82, 2.24) is 19.3 Å². The van der Waals surface area contributed by atoms with Crippen LogP contribution in [0.4, 0.5) is 10.8 Å². The van der Waals surface area contributed by atoms with E-state index < -0.39 is 0 Å². The fourth-order valence-corrected chi connectivity index (χ4v) is 3.43. The van der Waals surface area contributed by atoms with Crippen molar-refractivity contribution in [2.24, 2.45) is 7.05 Å². The molecule has 0 radical (unpaired) electrons. The molecule has 0 aliphatic heterocycles. The number of para-hydroxylation sites is 1. The third-order valence-corrected chi connectivity index (χ3v) is 4.60. The van der Waals surface area contributed by atoms with Crippen LogP contribution >= 0.6 is 11.3 Å². The Morgan fingerprint density at radius 3 is 2.68 bits per heavy atom. The molecule has 3 heterocycles. The Balaban J connectivity index is 1.78. The Labute approximate surface area is 145 Å². The number of fused-ring (bicyclic) bond motifs is 1. The highest BCUT2D eigenvalue weighted by atomic mass is 32.1. The Morgan fingerprint density at radius 2 is 1.88 bits per heavy atom. The molecule has 25 heavy (non-hydrogen) atoms. The second-order valence-electron chi connectivity index (χ2n) is 5.37. The van der Waals surface area contributed by atoms with Gasteiger partial charge in [0.15, 0.2) is 5.13 Å². The van der Waals surface area contributed by atoms with Gasteiger partial charge in [-0.2, -0.15) is 4.98 Å². The lowest BCUT2D eigenvalue weighted by Crippen LogP contribution is -2.20. The standard InChI is InChI=1S/C17H13N5O2S/c1-21-10-13(16(24)22(21)11-6-3-2-4-7-11)19-17-20-14(23)12-8-5-9-18-15(12)25-17/h2-10H,1H3,(H,19,20,23). The zero-order valence-corrected chi connectivity index (χ0v) is 14.0. The molecule has 7 nitrogen and oxygen atoms in total. The molecule has 0 saturated carbocycles. The van der Waals surface area contributed by atoms with E-state index in [0.29, 0.717) is 21.0 Å². The number of hydrogen-bond donors (Lipinski definition) is 1. The normalized spacial score (nSPS) is 10.9. The molecule has 1 N–H and O–H groups in total. The van der Waals surface area contributed by atoms with Crippen LogP contribution in [0.25, 0.3) is 15.9 Å². The fourth-order valence-electron chi connectivity index (χ4n) is 2.58. The largest absolute Gasteiger partial charge is 0.326 e. The third kappa shape index (κ3) is 2.72. The number of aryl methyl sites for hydroxylation is 1. The minimum absolute atomic E-state index is 0.226. The van der Waals surface area contributed by atoms with Crippen LogP contribution in [0.15, 0.2) is 64.4 Å². The average Bonchev–Trinajstić information content (AvgIpc) is 2.89. The lowest BCUT2D eigenvalue weighted by Gasteiger charge is -2.05. The molecule has 3 aromatic heterocycles. The maximum absolute atomic E-state index is 12.7. The van der Waals surface area contributed by atoms with Crippen molar-refractivity contribution in [2.75, 3.05) is 5.32 Å². The first-order chi connectivity index (χ1) is 12.1. The molecule has 1 aromatic carbocycles. The number of aromatic nitrogens is 4. The van der Waals surface area contributed by atoms with Crippen LogP contribution in [0.1, 0.15) is 0 Å². The number of rotatable bonds is 3. The summed E-state index contributed by atoms with van der Waals surface area (Å²) in [7, 11) is 1.78. The molecule has 0 aliphatic rings. The van der Waals surface area contributed by atoms with Gasteiger partial charge in [0.25, 0.3) is 11.1 Å². The van der Waals surface area contributed by atoms with Crippen molar-refractivity contribution < 1.29 is 0 Å². The van der Waals surface area contributed by atoms with Crippen molar-refractivity contribution in [1.29, 1.82) is 0 Å². The smallest absolute Gasteiger partial charge is 0.295 e.